The molecule has 0 atom stereocenters. The van der Waals surface area contributed by atoms with Gasteiger partial charge < -0.3 is 4.42 Å². The second kappa shape index (κ2) is 5.17. The van der Waals surface area contributed by atoms with E-state index in [2.05, 4.69) is 24.0 Å². The lowest BCUT2D eigenvalue weighted by Gasteiger charge is -2.06. The fourth-order valence-electron chi connectivity index (χ4n) is 2.28. The number of nitrogens with one attached hydrogen (secondary N) is 1. The van der Waals surface area contributed by atoms with E-state index in [1.807, 2.05) is 0 Å². The molecule has 0 radical (unpaired) electrons. The zero-order valence-electron chi connectivity index (χ0n) is 11.1. The Morgan fingerprint density at radius 1 is 1.42 bits per heavy atom. The number of H-pyrrole nitrogens is 1. The molecule has 2 aromatic rings. The van der Waals surface area contributed by atoms with Crippen molar-refractivity contribution in [2.45, 2.75) is 51.4 Å². The first-order chi connectivity index (χ1) is 9.22. The monoisotopic (exact) mass is 295 g/mol. The Morgan fingerprint density at radius 2 is 2.16 bits per heavy atom. The van der Waals surface area contributed by atoms with Crippen LogP contribution in [-0.4, -0.2) is 15.2 Å². The SMILES string of the molecule is CCC(CC)c1nc(C2CC2)c(-c2n[nH]c(=S)o2)s1. The lowest BCUT2D eigenvalue weighted by molar-refractivity contribution is 0.552. The van der Waals surface area contributed by atoms with E-state index < -0.39 is 0 Å². The van der Waals surface area contributed by atoms with Gasteiger partial charge in [-0.3, -0.25) is 0 Å². The highest BCUT2D eigenvalue weighted by Gasteiger charge is 2.32. The van der Waals surface area contributed by atoms with Gasteiger partial charge >= 0.3 is 0 Å². The third-order valence-electron chi connectivity index (χ3n) is 3.60. The van der Waals surface area contributed by atoms with Crippen LogP contribution >= 0.6 is 23.6 Å². The highest BCUT2D eigenvalue weighted by Crippen LogP contribution is 2.47. The zero-order chi connectivity index (χ0) is 13.4. The average molecular weight is 295 g/mol. The zero-order valence-corrected chi connectivity index (χ0v) is 12.7. The van der Waals surface area contributed by atoms with Crippen molar-refractivity contribution in [3.8, 4) is 10.8 Å². The minimum Gasteiger partial charge on any atom is -0.408 e. The first kappa shape index (κ1) is 13.0. The lowest BCUT2D eigenvalue weighted by Crippen LogP contribution is -1.94. The van der Waals surface area contributed by atoms with E-state index >= 15 is 0 Å². The molecular weight excluding hydrogens is 278 g/mol. The molecule has 4 nitrogen and oxygen atoms in total. The van der Waals surface area contributed by atoms with E-state index in [0.717, 1.165) is 23.4 Å². The number of hydrogen-bond donors (Lipinski definition) is 1. The molecule has 1 aliphatic carbocycles. The molecule has 0 aromatic carbocycles. The molecule has 1 N–H and O–H groups in total. The van der Waals surface area contributed by atoms with Crippen molar-refractivity contribution in [2.75, 3.05) is 0 Å². The van der Waals surface area contributed by atoms with Crippen LogP contribution in [0.25, 0.3) is 10.8 Å². The van der Waals surface area contributed by atoms with Crippen molar-refractivity contribution in [3.63, 3.8) is 0 Å². The lowest BCUT2D eigenvalue weighted by atomic mass is 10.1. The maximum atomic E-state index is 5.47. The van der Waals surface area contributed by atoms with E-state index in [0.29, 0.717) is 22.6 Å². The fraction of sp³-hybridized carbons (Fsp3) is 0.615. The summed E-state index contributed by atoms with van der Waals surface area (Å²) in [5.74, 6) is 1.73. The molecule has 19 heavy (non-hydrogen) atoms. The quantitative estimate of drug-likeness (QED) is 0.817. The van der Waals surface area contributed by atoms with E-state index in [4.69, 9.17) is 21.6 Å². The van der Waals surface area contributed by atoms with Crippen molar-refractivity contribution in [1.29, 1.82) is 0 Å². The maximum Gasteiger partial charge on any atom is 0.284 e. The molecule has 2 heterocycles. The molecule has 1 aliphatic rings. The molecule has 0 aliphatic heterocycles. The largest absolute Gasteiger partial charge is 0.408 e. The number of aromatic nitrogens is 3. The summed E-state index contributed by atoms with van der Waals surface area (Å²) in [4.78, 5) is 6.26. The van der Waals surface area contributed by atoms with E-state index in [-0.39, 0.29) is 0 Å². The second-order valence-corrected chi connectivity index (χ2v) is 6.37. The van der Waals surface area contributed by atoms with Crippen LogP contribution in [0.5, 0.6) is 0 Å². The highest BCUT2D eigenvalue weighted by atomic mass is 32.1. The van der Waals surface area contributed by atoms with Gasteiger partial charge in [-0.1, -0.05) is 13.8 Å². The van der Waals surface area contributed by atoms with Crippen molar-refractivity contribution >= 4 is 23.6 Å². The molecule has 2 aromatic heterocycles. The van der Waals surface area contributed by atoms with E-state index in [9.17, 15) is 0 Å². The Balaban J connectivity index is 2.04. The summed E-state index contributed by atoms with van der Waals surface area (Å²) in [6, 6.07) is 0. The van der Waals surface area contributed by atoms with Crippen LogP contribution in [0.4, 0.5) is 0 Å². The third-order valence-corrected chi connectivity index (χ3v) is 5.00. The molecule has 6 heteroatoms. The van der Waals surface area contributed by atoms with Gasteiger partial charge in [0.05, 0.1) is 10.7 Å². The van der Waals surface area contributed by atoms with Gasteiger partial charge in [-0.15, -0.1) is 16.4 Å². The topological polar surface area (TPSA) is 54.7 Å². The normalized spacial score (nSPS) is 15.3. The number of thiazole rings is 1. The summed E-state index contributed by atoms with van der Waals surface area (Å²) in [6.45, 7) is 4.43. The van der Waals surface area contributed by atoms with Gasteiger partial charge in [-0.25, -0.2) is 10.1 Å². The van der Waals surface area contributed by atoms with Crippen molar-refractivity contribution in [2.24, 2.45) is 0 Å². The summed E-state index contributed by atoms with van der Waals surface area (Å²) >= 11 is 6.68. The Bertz CT molecular complexity index is 620. The molecular formula is C13H17N3OS2. The molecule has 0 bridgehead atoms. The first-order valence-electron chi connectivity index (χ1n) is 6.79. The van der Waals surface area contributed by atoms with Crippen LogP contribution < -0.4 is 0 Å². The molecule has 1 saturated carbocycles. The third kappa shape index (κ3) is 2.51. The maximum absolute atomic E-state index is 5.47. The van der Waals surface area contributed by atoms with Gasteiger partial charge in [0.25, 0.3) is 10.7 Å². The number of aromatic amines is 1. The van der Waals surface area contributed by atoms with Gasteiger partial charge in [0.2, 0.25) is 0 Å². The molecule has 102 valence electrons. The number of hydrogen-bond acceptors (Lipinski definition) is 5. The summed E-state index contributed by atoms with van der Waals surface area (Å²) in [6.07, 6.45) is 4.70. The predicted octanol–water partition coefficient (Wildman–Crippen LogP) is 4.64. The Hall–Kier alpha value is -1.01. The highest BCUT2D eigenvalue weighted by molar-refractivity contribution is 7.71. The van der Waals surface area contributed by atoms with Crippen LogP contribution in [0.1, 0.15) is 62.1 Å². The molecule has 0 unspecified atom stereocenters. The van der Waals surface area contributed by atoms with Crippen molar-refractivity contribution in [1.82, 2.24) is 15.2 Å². The summed E-state index contributed by atoms with van der Waals surface area (Å²) in [5.41, 5.74) is 1.16. The Labute approximate surface area is 121 Å². The molecule has 0 spiro atoms. The standard InChI is InChI=1S/C13H17N3OS2/c1-3-7(4-2)12-14-9(8-5-6-8)10(19-12)11-15-16-13(18)17-11/h7-8H,3-6H2,1-2H3,(H,16,18). The molecule has 0 amide bonds. The summed E-state index contributed by atoms with van der Waals surface area (Å²) in [7, 11) is 0. The molecule has 1 fully saturated rings. The molecule has 0 saturated heterocycles. The summed E-state index contributed by atoms with van der Waals surface area (Å²) in [5, 5.41) is 8.07. The van der Waals surface area contributed by atoms with Gasteiger partial charge in [0.1, 0.15) is 4.88 Å². The van der Waals surface area contributed by atoms with Gasteiger partial charge in [0, 0.05) is 11.8 Å². The first-order valence-corrected chi connectivity index (χ1v) is 8.01. The van der Waals surface area contributed by atoms with Crippen LogP contribution in [-0.2, 0) is 0 Å². The van der Waals surface area contributed by atoms with Crippen LogP contribution in [0, 0.1) is 4.84 Å². The fourth-order valence-corrected chi connectivity index (χ4v) is 3.74. The average Bonchev–Trinajstić information content (AvgIpc) is 3.02. The Morgan fingerprint density at radius 3 is 2.68 bits per heavy atom. The second-order valence-electron chi connectivity index (χ2n) is 4.97. The van der Waals surface area contributed by atoms with E-state index in [1.54, 1.807) is 11.3 Å². The van der Waals surface area contributed by atoms with Crippen molar-refractivity contribution < 1.29 is 4.42 Å². The van der Waals surface area contributed by atoms with Crippen molar-refractivity contribution in [3.05, 3.63) is 15.5 Å². The minimum atomic E-state index is 0.328. The van der Waals surface area contributed by atoms with Gasteiger partial charge in [0.15, 0.2) is 0 Å². The minimum absolute atomic E-state index is 0.328. The van der Waals surface area contributed by atoms with Gasteiger partial charge in [-0.2, -0.15) is 0 Å². The predicted molar refractivity (Wildman–Crippen MR) is 78.1 cm³/mol. The summed E-state index contributed by atoms with van der Waals surface area (Å²) < 4.78 is 5.47. The van der Waals surface area contributed by atoms with Gasteiger partial charge in [-0.05, 0) is 37.9 Å². The Kier molecular flexibility index (Phi) is 3.54. The van der Waals surface area contributed by atoms with Crippen LogP contribution in [0.3, 0.4) is 0 Å². The van der Waals surface area contributed by atoms with E-state index in [1.165, 1.54) is 17.8 Å². The smallest absolute Gasteiger partial charge is 0.284 e. The van der Waals surface area contributed by atoms with Crippen LogP contribution in [0.2, 0.25) is 0 Å². The molecule has 3 rings (SSSR count). The number of nitrogens with zero attached hydrogens (tertiary/aromatic N) is 2. The van der Waals surface area contributed by atoms with Crippen LogP contribution in [0.15, 0.2) is 4.42 Å². The number of rotatable bonds is 5.